The van der Waals surface area contributed by atoms with Crippen molar-refractivity contribution < 1.29 is 8.78 Å². The molecule has 2 N–H and O–H groups in total. The van der Waals surface area contributed by atoms with Gasteiger partial charge in [-0.1, -0.05) is 29.4 Å². The monoisotopic (exact) mass is 313 g/mol. The Morgan fingerprint density at radius 3 is 2.60 bits per heavy atom. The second-order valence-corrected chi connectivity index (χ2v) is 6.10. The van der Waals surface area contributed by atoms with Crippen molar-refractivity contribution in [2.75, 3.05) is 0 Å². The predicted molar refractivity (Wildman–Crippen MR) is 79.3 cm³/mol. The van der Waals surface area contributed by atoms with E-state index in [0.717, 1.165) is 16.5 Å². The second kappa shape index (κ2) is 6.57. The summed E-state index contributed by atoms with van der Waals surface area (Å²) in [5, 5.41) is 0.634. The molecule has 1 unspecified atom stereocenters. The van der Waals surface area contributed by atoms with Crippen molar-refractivity contribution in [3.8, 4) is 0 Å². The molecular formula is C15H14ClF2NS. The van der Waals surface area contributed by atoms with E-state index in [1.165, 1.54) is 17.8 Å². The minimum absolute atomic E-state index is 0.0285. The molecule has 0 saturated carbocycles. The Hall–Kier alpha value is -1.10. The third-order valence-electron chi connectivity index (χ3n) is 2.72. The van der Waals surface area contributed by atoms with Crippen LogP contribution in [0.4, 0.5) is 8.78 Å². The summed E-state index contributed by atoms with van der Waals surface area (Å²) in [5.41, 5.74) is 6.75. The van der Waals surface area contributed by atoms with Crippen LogP contribution in [0.2, 0.25) is 5.02 Å². The van der Waals surface area contributed by atoms with Crippen LogP contribution in [-0.4, -0.2) is 6.04 Å². The Morgan fingerprint density at radius 1 is 1.20 bits per heavy atom. The van der Waals surface area contributed by atoms with Gasteiger partial charge in [-0.25, -0.2) is 8.78 Å². The lowest BCUT2D eigenvalue weighted by atomic mass is 10.1. The van der Waals surface area contributed by atoms with Crippen LogP contribution < -0.4 is 5.73 Å². The summed E-state index contributed by atoms with van der Waals surface area (Å²) in [6.07, 6.45) is 0.631. The van der Waals surface area contributed by atoms with Crippen LogP contribution in [0.25, 0.3) is 0 Å². The first-order valence-corrected chi connectivity index (χ1v) is 7.32. The molecule has 0 saturated heterocycles. The van der Waals surface area contributed by atoms with E-state index < -0.39 is 11.6 Å². The lowest BCUT2D eigenvalue weighted by Gasteiger charge is -2.13. The zero-order valence-corrected chi connectivity index (χ0v) is 12.4. The highest BCUT2D eigenvalue weighted by Crippen LogP contribution is 2.34. The molecule has 1 atom stereocenters. The molecule has 20 heavy (non-hydrogen) atoms. The molecule has 0 aliphatic heterocycles. The molecular weight excluding hydrogens is 300 g/mol. The highest BCUT2D eigenvalue weighted by Gasteiger charge is 2.11. The summed E-state index contributed by atoms with van der Waals surface area (Å²) in [5.74, 6) is -1.71. The second-order valence-electron chi connectivity index (χ2n) is 4.58. The lowest BCUT2D eigenvalue weighted by molar-refractivity contribution is 0.506. The van der Waals surface area contributed by atoms with Crippen molar-refractivity contribution >= 4 is 23.4 Å². The van der Waals surface area contributed by atoms with E-state index in [4.69, 9.17) is 17.3 Å². The molecule has 0 radical (unpaired) electrons. The van der Waals surface area contributed by atoms with E-state index in [1.54, 1.807) is 12.1 Å². The van der Waals surface area contributed by atoms with Gasteiger partial charge in [0, 0.05) is 20.9 Å². The van der Waals surface area contributed by atoms with E-state index in [9.17, 15) is 8.78 Å². The Labute approximate surface area is 126 Å². The summed E-state index contributed by atoms with van der Waals surface area (Å²) < 4.78 is 26.2. The minimum Gasteiger partial charge on any atom is -0.328 e. The summed E-state index contributed by atoms with van der Waals surface area (Å²) in [4.78, 5) is 1.53. The smallest absolute Gasteiger partial charge is 0.159 e. The van der Waals surface area contributed by atoms with Gasteiger partial charge in [0.1, 0.15) is 0 Å². The average molecular weight is 314 g/mol. The SMILES string of the molecule is CC(N)Cc1c(Cl)cccc1Sc1ccc(F)c(F)c1. The molecule has 0 fully saturated rings. The fraction of sp³-hybridized carbons (Fsp3) is 0.200. The maximum atomic E-state index is 13.2. The summed E-state index contributed by atoms with van der Waals surface area (Å²) in [6, 6.07) is 9.34. The highest BCUT2D eigenvalue weighted by atomic mass is 35.5. The van der Waals surface area contributed by atoms with Gasteiger partial charge in [0.25, 0.3) is 0 Å². The van der Waals surface area contributed by atoms with Gasteiger partial charge in [0.05, 0.1) is 0 Å². The van der Waals surface area contributed by atoms with Gasteiger partial charge in [-0.15, -0.1) is 0 Å². The van der Waals surface area contributed by atoms with Crippen molar-refractivity contribution in [1.82, 2.24) is 0 Å². The van der Waals surface area contributed by atoms with Gasteiger partial charge in [-0.05, 0) is 49.2 Å². The van der Waals surface area contributed by atoms with Crippen LogP contribution in [0.15, 0.2) is 46.2 Å². The van der Waals surface area contributed by atoms with E-state index in [2.05, 4.69) is 0 Å². The third-order valence-corrected chi connectivity index (χ3v) is 4.17. The molecule has 0 aliphatic rings. The molecule has 0 spiro atoms. The van der Waals surface area contributed by atoms with Crippen molar-refractivity contribution in [1.29, 1.82) is 0 Å². The van der Waals surface area contributed by atoms with Crippen LogP contribution in [0.5, 0.6) is 0 Å². The minimum atomic E-state index is -0.856. The fourth-order valence-electron chi connectivity index (χ4n) is 1.82. The topological polar surface area (TPSA) is 26.0 Å². The summed E-state index contributed by atoms with van der Waals surface area (Å²) >= 11 is 7.54. The van der Waals surface area contributed by atoms with E-state index in [-0.39, 0.29) is 6.04 Å². The van der Waals surface area contributed by atoms with Crippen LogP contribution in [0.3, 0.4) is 0 Å². The summed E-state index contributed by atoms with van der Waals surface area (Å²) in [6.45, 7) is 1.90. The quantitative estimate of drug-likeness (QED) is 0.888. The predicted octanol–water partition coefficient (Wildman–Crippen LogP) is 4.66. The maximum absolute atomic E-state index is 13.2. The lowest BCUT2D eigenvalue weighted by Crippen LogP contribution is -2.18. The maximum Gasteiger partial charge on any atom is 0.159 e. The van der Waals surface area contributed by atoms with Gasteiger partial charge in [-0.3, -0.25) is 0 Å². The molecule has 2 aromatic rings. The number of hydrogen-bond donors (Lipinski definition) is 1. The van der Waals surface area contributed by atoms with Crippen molar-refractivity contribution in [3.63, 3.8) is 0 Å². The van der Waals surface area contributed by atoms with Gasteiger partial charge in [-0.2, -0.15) is 0 Å². The van der Waals surface area contributed by atoms with E-state index in [1.807, 2.05) is 19.1 Å². The van der Waals surface area contributed by atoms with E-state index >= 15 is 0 Å². The Kier molecular flexibility index (Phi) is 5.02. The summed E-state index contributed by atoms with van der Waals surface area (Å²) in [7, 11) is 0. The van der Waals surface area contributed by atoms with Crippen LogP contribution in [0.1, 0.15) is 12.5 Å². The fourth-order valence-corrected chi connectivity index (χ4v) is 3.15. The van der Waals surface area contributed by atoms with Gasteiger partial charge < -0.3 is 5.73 Å². The Bertz CT molecular complexity index is 617. The normalized spacial score (nSPS) is 12.4. The average Bonchev–Trinajstić information content (AvgIpc) is 2.38. The first-order valence-electron chi connectivity index (χ1n) is 6.13. The van der Waals surface area contributed by atoms with Crippen molar-refractivity contribution in [2.24, 2.45) is 5.73 Å². The van der Waals surface area contributed by atoms with Crippen molar-refractivity contribution in [3.05, 3.63) is 58.6 Å². The molecule has 0 bridgehead atoms. The molecule has 1 nitrogen and oxygen atoms in total. The van der Waals surface area contributed by atoms with Gasteiger partial charge >= 0.3 is 0 Å². The molecule has 2 aromatic carbocycles. The molecule has 0 aromatic heterocycles. The molecule has 0 aliphatic carbocycles. The molecule has 0 amide bonds. The number of hydrogen-bond acceptors (Lipinski definition) is 2. The Balaban J connectivity index is 2.32. The zero-order valence-electron chi connectivity index (χ0n) is 10.9. The van der Waals surface area contributed by atoms with Gasteiger partial charge in [0.2, 0.25) is 0 Å². The first-order chi connectivity index (χ1) is 9.47. The van der Waals surface area contributed by atoms with Crippen LogP contribution in [0, 0.1) is 11.6 Å². The zero-order chi connectivity index (χ0) is 14.7. The number of rotatable bonds is 4. The Morgan fingerprint density at radius 2 is 1.95 bits per heavy atom. The first kappa shape index (κ1) is 15.3. The van der Waals surface area contributed by atoms with Crippen molar-refractivity contribution in [2.45, 2.75) is 29.2 Å². The van der Waals surface area contributed by atoms with Crippen LogP contribution >= 0.6 is 23.4 Å². The standard InChI is InChI=1S/C15H14ClF2NS/c1-9(19)7-11-12(16)3-2-4-15(11)20-10-5-6-13(17)14(18)8-10/h2-6,8-9H,7,19H2,1H3. The third kappa shape index (κ3) is 3.72. The number of halogens is 3. The number of benzene rings is 2. The van der Waals surface area contributed by atoms with Crippen LogP contribution in [-0.2, 0) is 6.42 Å². The molecule has 5 heteroatoms. The molecule has 0 heterocycles. The largest absolute Gasteiger partial charge is 0.328 e. The number of nitrogens with two attached hydrogens (primary N) is 1. The highest BCUT2D eigenvalue weighted by molar-refractivity contribution is 7.99. The van der Waals surface area contributed by atoms with E-state index in [0.29, 0.717) is 16.3 Å². The molecule has 2 rings (SSSR count). The molecule has 106 valence electrons. The van der Waals surface area contributed by atoms with Gasteiger partial charge in [0.15, 0.2) is 11.6 Å².